The maximum absolute atomic E-state index is 13.3. The third-order valence-corrected chi connectivity index (χ3v) is 7.52. The zero-order valence-electron chi connectivity index (χ0n) is 18.0. The van der Waals surface area contributed by atoms with Crippen LogP contribution in [-0.2, 0) is 14.4 Å². The zero-order chi connectivity index (χ0) is 21.3. The van der Waals surface area contributed by atoms with E-state index in [4.69, 9.17) is 0 Å². The molecule has 0 aromatic rings. The first-order valence-corrected chi connectivity index (χ1v) is 11.6. The van der Waals surface area contributed by atoms with Crippen molar-refractivity contribution in [3.63, 3.8) is 0 Å². The van der Waals surface area contributed by atoms with Crippen LogP contribution in [0, 0.1) is 5.92 Å². The molecular weight excluding hydrogens is 384 g/mol. The largest absolute Gasteiger partial charge is 0.343 e. The topological polar surface area (TPSA) is 90.0 Å². The van der Waals surface area contributed by atoms with Crippen LogP contribution >= 0.6 is 0 Å². The number of rotatable bonds is 4. The van der Waals surface area contributed by atoms with E-state index in [1.54, 1.807) is 4.90 Å². The van der Waals surface area contributed by atoms with Crippen molar-refractivity contribution in [2.24, 2.45) is 5.92 Å². The van der Waals surface area contributed by atoms with Crippen LogP contribution in [0.5, 0.6) is 0 Å². The van der Waals surface area contributed by atoms with Crippen LogP contribution in [0.1, 0.15) is 71.1 Å². The summed E-state index contributed by atoms with van der Waals surface area (Å²) in [7, 11) is 0. The van der Waals surface area contributed by atoms with Gasteiger partial charge < -0.3 is 15.1 Å². The van der Waals surface area contributed by atoms with Gasteiger partial charge in [-0.1, -0.05) is 19.8 Å². The first-order chi connectivity index (χ1) is 14.4. The number of urea groups is 1. The number of hydrogen-bond acceptors (Lipinski definition) is 4. The van der Waals surface area contributed by atoms with E-state index < -0.39 is 5.54 Å². The number of amides is 5. The van der Waals surface area contributed by atoms with E-state index in [0.29, 0.717) is 57.8 Å². The van der Waals surface area contributed by atoms with Gasteiger partial charge in [0.25, 0.3) is 5.91 Å². The zero-order valence-corrected chi connectivity index (χ0v) is 18.0. The number of nitrogens with one attached hydrogen (secondary N) is 1. The molecule has 0 radical (unpaired) electrons. The molecule has 3 heterocycles. The number of piperidine rings is 2. The lowest BCUT2D eigenvalue weighted by Crippen LogP contribution is -2.57. The second-order valence-electron chi connectivity index (χ2n) is 9.41. The predicted molar refractivity (Wildman–Crippen MR) is 110 cm³/mol. The molecule has 8 nitrogen and oxygen atoms in total. The van der Waals surface area contributed by atoms with Gasteiger partial charge in [-0.15, -0.1) is 0 Å². The number of hydrogen-bond donors (Lipinski definition) is 1. The predicted octanol–water partition coefficient (Wildman–Crippen LogP) is 1.88. The van der Waals surface area contributed by atoms with Crippen molar-refractivity contribution in [2.45, 2.75) is 82.7 Å². The van der Waals surface area contributed by atoms with Crippen molar-refractivity contribution in [3.8, 4) is 0 Å². The molecule has 4 aliphatic rings. The summed E-state index contributed by atoms with van der Waals surface area (Å²) >= 11 is 0. The van der Waals surface area contributed by atoms with Gasteiger partial charge in [0.1, 0.15) is 5.54 Å². The summed E-state index contributed by atoms with van der Waals surface area (Å²) in [4.78, 5) is 55.9. The normalized spacial score (nSPS) is 27.1. The molecule has 0 aromatic carbocycles. The molecule has 1 saturated carbocycles. The van der Waals surface area contributed by atoms with E-state index in [9.17, 15) is 19.2 Å². The molecule has 4 rings (SSSR count). The summed E-state index contributed by atoms with van der Waals surface area (Å²) in [5.41, 5.74) is -0.891. The molecule has 1 unspecified atom stereocenters. The molecule has 30 heavy (non-hydrogen) atoms. The van der Waals surface area contributed by atoms with Crippen LogP contribution in [0.4, 0.5) is 4.79 Å². The van der Waals surface area contributed by atoms with Gasteiger partial charge in [-0.3, -0.25) is 19.3 Å². The number of imide groups is 1. The SMILES string of the molecule is CCC(=O)N1CCC2(CC1)NC(=O)N(C1CCCN(C(=O)CC3CCCC3)C1)C2=O. The number of nitrogens with zero attached hydrogens (tertiary/aromatic N) is 3. The molecule has 0 bridgehead atoms. The summed E-state index contributed by atoms with van der Waals surface area (Å²) in [5, 5.41) is 2.94. The lowest BCUT2D eigenvalue weighted by molar-refractivity contribution is -0.141. The number of carbonyl (C=O) groups is 4. The molecule has 8 heteroatoms. The molecule has 4 fully saturated rings. The summed E-state index contributed by atoms with van der Waals surface area (Å²) < 4.78 is 0. The van der Waals surface area contributed by atoms with Crippen molar-refractivity contribution in [2.75, 3.05) is 26.2 Å². The molecule has 1 aliphatic carbocycles. The van der Waals surface area contributed by atoms with Crippen molar-refractivity contribution < 1.29 is 19.2 Å². The van der Waals surface area contributed by atoms with Crippen molar-refractivity contribution in [1.29, 1.82) is 0 Å². The second-order valence-corrected chi connectivity index (χ2v) is 9.41. The Bertz CT molecular complexity index is 710. The Balaban J connectivity index is 1.39. The Hall–Kier alpha value is -2.12. The summed E-state index contributed by atoms with van der Waals surface area (Å²) in [5.74, 6) is 0.571. The van der Waals surface area contributed by atoms with Crippen molar-refractivity contribution >= 4 is 23.8 Å². The standard InChI is InChI=1S/C22H34N4O4/c1-2-18(27)24-12-9-22(10-13-24)20(29)26(21(30)23-22)17-8-5-11-25(15-17)19(28)14-16-6-3-4-7-16/h16-17H,2-15H2,1H3,(H,23,30). The highest BCUT2D eigenvalue weighted by molar-refractivity contribution is 6.07. The smallest absolute Gasteiger partial charge is 0.325 e. The van der Waals surface area contributed by atoms with Crippen LogP contribution in [0.25, 0.3) is 0 Å². The first kappa shape index (κ1) is 21.1. The van der Waals surface area contributed by atoms with E-state index in [0.717, 1.165) is 25.7 Å². The lowest BCUT2D eigenvalue weighted by atomic mass is 9.87. The molecule has 5 amide bonds. The first-order valence-electron chi connectivity index (χ1n) is 11.6. The molecular formula is C22H34N4O4. The molecule has 3 aliphatic heterocycles. The minimum atomic E-state index is -0.891. The monoisotopic (exact) mass is 418 g/mol. The Kier molecular flexibility index (Phi) is 6.02. The highest BCUT2D eigenvalue weighted by Gasteiger charge is 2.54. The maximum Gasteiger partial charge on any atom is 0.325 e. The van der Waals surface area contributed by atoms with Crippen LogP contribution in [-0.4, -0.2) is 76.2 Å². The highest BCUT2D eigenvalue weighted by Crippen LogP contribution is 2.33. The van der Waals surface area contributed by atoms with Gasteiger partial charge in [0.2, 0.25) is 11.8 Å². The molecule has 0 aromatic heterocycles. The second kappa shape index (κ2) is 8.55. The summed E-state index contributed by atoms with van der Waals surface area (Å²) in [6.07, 6.45) is 8.20. The molecule has 1 N–H and O–H groups in total. The minimum absolute atomic E-state index is 0.0853. The Morgan fingerprint density at radius 3 is 2.33 bits per heavy atom. The lowest BCUT2D eigenvalue weighted by Gasteiger charge is -2.39. The van der Waals surface area contributed by atoms with Gasteiger partial charge in [-0.25, -0.2) is 4.79 Å². The third-order valence-electron chi connectivity index (χ3n) is 7.52. The van der Waals surface area contributed by atoms with Gasteiger partial charge >= 0.3 is 6.03 Å². The van der Waals surface area contributed by atoms with E-state index in [-0.39, 0.29) is 29.8 Å². The summed E-state index contributed by atoms with van der Waals surface area (Å²) in [6, 6.07) is -0.598. The van der Waals surface area contributed by atoms with Gasteiger partial charge in [0.15, 0.2) is 0 Å². The van der Waals surface area contributed by atoms with Crippen molar-refractivity contribution in [1.82, 2.24) is 20.0 Å². The van der Waals surface area contributed by atoms with Gasteiger partial charge in [0.05, 0.1) is 6.04 Å². The van der Waals surface area contributed by atoms with Crippen LogP contribution in [0.3, 0.4) is 0 Å². The van der Waals surface area contributed by atoms with Gasteiger partial charge in [-0.2, -0.15) is 0 Å². The quantitative estimate of drug-likeness (QED) is 0.706. The van der Waals surface area contributed by atoms with E-state index in [1.165, 1.54) is 17.7 Å². The Morgan fingerprint density at radius 2 is 1.67 bits per heavy atom. The molecule has 1 atom stereocenters. The average Bonchev–Trinajstić information content (AvgIpc) is 3.34. The van der Waals surface area contributed by atoms with E-state index in [1.807, 2.05) is 11.8 Å². The fourth-order valence-electron chi connectivity index (χ4n) is 5.66. The van der Waals surface area contributed by atoms with Crippen LogP contribution in [0.15, 0.2) is 0 Å². The van der Waals surface area contributed by atoms with Gasteiger partial charge in [0, 0.05) is 39.0 Å². The highest BCUT2D eigenvalue weighted by atomic mass is 16.2. The Labute approximate surface area is 178 Å². The van der Waals surface area contributed by atoms with E-state index >= 15 is 0 Å². The fourth-order valence-corrected chi connectivity index (χ4v) is 5.66. The maximum atomic E-state index is 13.3. The van der Waals surface area contributed by atoms with Crippen molar-refractivity contribution in [3.05, 3.63) is 0 Å². The molecule has 1 spiro atoms. The summed E-state index contributed by atoms with van der Waals surface area (Å²) in [6.45, 7) is 3.97. The van der Waals surface area contributed by atoms with Gasteiger partial charge in [-0.05, 0) is 44.4 Å². The fraction of sp³-hybridized carbons (Fsp3) is 0.818. The minimum Gasteiger partial charge on any atom is -0.343 e. The number of carbonyl (C=O) groups excluding carboxylic acids is 4. The third kappa shape index (κ3) is 3.93. The van der Waals surface area contributed by atoms with Crippen LogP contribution < -0.4 is 5.32 Å². The Morgan fingerprint density at radius 1 is 0.967 bits per heavy atom. The van der Waals surface area contributed by atoms with Crippen LogP contribution in [0.2, 0.25) is 0 Å². The molecule has 3 saturated heterocycles. The van der Waals surface area contributed by atoms with E-state index in [2.05, 4.69) is 5.32 Å². The molecule has 166 valence electrons. The number of likely N-dealkylation sites (tertiary alicyclic amines) is 2. The average molecular weight is 419 g/mol.